The van der Waals surface area contributed by atoms with E-state index in [4.69, 9.17) is 4.52 Å². The van der Waals surface area contributed by atoms with E-state index in [0.717, 1.165) is 18.8 Å². The first-order valence-corrected chi connectivity index (χ1v) is 6.80. The largest absolute Gasteiger partial charge is 0.338 e. The summed E-state index contributed by atoms with van der Waals surface area (Å²) >= 11 is 0. The summed E-state index contributed by atoms with van der Waals surface area (Å²) in [5, 5.41) is 7.38. The molecule has 0 aliphatic rings. The molecule has 19 heavy (non-hydrogen) atoms. The molecule has 1 N–H and O–H groups in total. The van der Waals surface area contributed by atoms with Crippen molar-refractivity contribution in [1.29, 1.82) is 0 Å². The third-order valence-corrected chi connectivity index (χ3v) is 3.00. The first kappa shape index (κ1) is 13.7. The van der Waals surface area contributed by atoms with Gasteiger partial charge in [-0.3, -0.25) is 0 Å². The molecule has 4 nitrogen and oxygen atoms in total. The van der Waals surface area contributed by atoms with E-state index in [1.54, 1.807) is 0 Å². The summed E-state index contributed by atoms with van der Waals surface area (Å²) in [5.41, 5.74) is 2.46. The van der Waals surface area contributed by atoms with Crippen molar-refractivity contribution in [2.75, 3.05) is 6.54 Å². The molecule has 2 rings (SSSR count). The molecule has 2 aromatic rings. The Morgan fingerprint density at radius 1 is 1.37 bits per heavy atom. The molecule has 0 bridgehead atoms. The van der Waals surface area contributed by atoms with Gasteiger partial charge in [0.15, 0.2) is 5.82 Å². The van der Waals surface area contributed by atoms with Crippen LogP contribution in [-0.2, 0) is 6.42 Å². The van der Waals surface area contributed by atoms with E-state index in [9.17, 15) is 0 Å². The van der Waals surface area contributed by atoms with Gasteiger partial charge in [0, 0.05) is 6.42 Å². The summed E-state index contributed by atoms with van der Waals surface area (Å²) in [5.74, 6) is 1.40. The number of aromatic nitrogens is 2. The first-order valence-electron chi connectivity index (χ1n) is 6.80. The number of nitrogens with one attached hydrogen (secondary N) is 1. The fraction of sp³-hybridized carbons (Fsp3) is 0.467. The highest BCUT2D eigenvalue weighted by molar-refractivity contribution is 5.24. The van der Waals surface area contributed by atoms with Gasteiger partial charge in [0.1, 0.15) is 0 Å². The van der Waals surface area contributed by atoms with Crippen molar-refractivity contribution in [2.24, 2.45) is 0 Å². The van der Waals surface area contributed by atoms with Crippen molar-refractivity contribution < 1.29 is 4.52 Å². The van der Waals surface area contributed by atoms with Gasteiger partial charge in [-0.2, -0.15) is 4.98 Å². The van der Waals surface area contributed by atoms with Crippen LogP contribution in [0.15, 0.2) is 28.8 Å². The summed E-state index contributed by atoms with van der Waals surface area (Å²) in [7, 11) is 0. The third kappa shape index (κ3) is 3.89. The zero-order valence-corrected chi connectivity index (χ0v) is 11.8. The van der Waals surface area contributed by atoms with E-state index in [-0.39, 0.29) is 6.04 Å². The lowest BCUT2D eigenvalue weighted by Gasteiger charge is -2.06. The molecule has 1 unspecified atom stereocenters. The molecule has 0 aliphatic heterocycles. The predicted octanol–water partition coefficient (Wildman–Crippen LogP) is 3.03. The van der Waals surface area contributed by atoms with E-state index < -0.39 is 0 Å². The molecule has 0 saturated carbocycles. The molecule has 0 fully saturated rings. The highest BCUT2D eigenvalue weighted by atomic mass is 16.5. The van der Waals surface area contributed by atoms with Crippen molar-refractivity contribution >= 4 is 0 Å². The smallest absolute Gasteiger partial charge is 0.243 e. The lowest BCUT2D eigenvalue weighted by atomic mass is 10.1. The number of aryl methyl sites for hydroxylation is 1. The minimum absolute atomic E-state index is 0.110. The lowest BCUT2D eigenvalue weighted by Crippen LogP contribution is -2.19. The molecule has 4 heteroatoms. The topological polar surface area (TPSA) is 51.0 Å². The third-order valence-electron chi connectivity index (χ3n) is 3.00. The fourth-order valence-electron chi connectivity index (χ4n) is 1.97. The van der Waals surface area contributed by atoms with Crippen molar-refractivity contribution in [1.82, 2.24) is 15.5 Å². The van der Waals surface area contributed by atoms with Gasteiger partial charge in [-0.05, 0) is 32.4 Å². The van der Waals surface area contributed by atoms with Gasteiger partial charge in [0.25, 0.3) is 0 Å². The summed E-state index contributed by atoms with van der Waals surface area (Å²) in [6.07, 6.45) is 1.81. The zero-order chi connectivity index (χ0) is 13.7. The highest BCUT2D eigenvalue weighted by Gasteiger charge is 2.13. The second-order valence-electron chi connectivity index (χ2n) is 4.89. The number of benzene rings is 1. The Morgan fingerprint density at radius 3 is 2.95 bits per heavy atom. The quantitative estimate of drug-likeness (QED) is 0.866. The molecule has 0 radical (unpaired) electrons. The molecule has 1 heterocycles. The molecule has 1 aromatic heterocycles. The van der Waals surface area contributed by atoms with Crippen molar-refractivity contribution in [3.63, 3.8) is 0 Å². The highest BCUT2D eigenvalue weighted by Crippen LogP contribution is 2.13. The van der Waals surface area contributed by atoms with Crippen molar-refractivity contribution in [3.05, 3.63) is 47.1 Å². The minimum atomic E-state index is 0.110. The Kier molecular flexibility index (Phi) is 4.68. The summed E-state index contributed by atoms with van der Waals surface area (Å²) in [4.78, 5) is 4.45. The molecule has 1 aromatic carbocycles. The van der Waals surface area contributed by atoms with Gasteiger partial charge in [-0.15, -0.1) is 0 Å². The van der Waals surface area contributed by atoms with Crippen LogP contribution in [0.2, 0.25) is 0 Å². The summed E-state index contributed by atoms with van der Waals surface area (Å²) in [6.45, 7) is 7.22. The first-order chi connectivity index (χ1) is 9.19. The van der Waals surface area contributed by atoms with Crippen LogP contribution in [0.4, 0.5) is 0 Å². The van der Waals surface area contributed by atoms with Gasteiger partial charge >= 0.3 is 0 Å². The second kappa shape index (κ2) is 6.48. The Labute approximate surface area is 114 Å². The van der Waals surface area contributed by atoms with E-state index >= 15 is 0 Å². The SMILES string of the molecule is CCCNC(C)c1nc(Cc2cccc(C)c2)no1. The number of rotatable bonds is 6. The Morgan fingerprint density at radius 2 is 2.21 bits per heavy atom. The Balaban J connectivity index is 2.01. The van der Waals surface area contributed by atoms with Crippen LogP contribution in [0.5, 0.6) is 0 Å². The maximum atomic E-state index is 5.30. The van der Waals surface area contributed by atoms with Crippen LogP contribution < -0.4 is 5.32 Å². The van der Waals surface area contributed by atoms with Crippen LogP contribution in [-0.4, -0.2) is 16.7 Å². The van der Waals surface area contributed by atoms with Crippen LogP contribution >= 0.6 is 0 Å². The van der Waals surface area contributed by atoms with E-state index in [2.05, 4.69) is 53.6 Å². The van der Waals surface area contributed by atoms with E-state index in [0.29, 0.717) is 12.3 Å². The monoisotopic (exact) mass is 259 g/mol. The van der Waals surface area contributed by atoms with Crippen molar-refractivity contribution in [3.8, 4) is 0 Å². The molecule has 0 saturated heterocycles. The number of nitrogens with zero attached hydrogens (tertiary/aromatic N) is 2. The number of hydrogen-bond acceptors (Lipinski definition) is 4. The molecular formula is C15H21N3O. The normalized spacial score (nSPS) is 12.6. The van der Waals surface area contributed by atoms with Gasteiger partial charge in [-0.1, -0.05) is 41.9 Å². The average molecular weight is 259 g/mol. The van der Waals surface area contributed by atoms with Crippen LogP contribution in [0.3, 0.4) is 0 Å². The molecule has 0 spiro atoms. The molecule has 0 amide bonds. The maximum Gasteiger partial charge on any atom is 0.243 e. The Hall–Kier alpha value is -1.68. The molecular weight excluding hydrogens is 238 g/mol. The number of hydrogen-bond donors (Lipinski definition) is 1. The summed E-state index contributed by atoms with van der Waals surface area (Å²) < 4.78 is 5.30. The van der Waals surface area contributed by atoms with Crippen molar-refractivity contribution in [2.45, 2.75) is 39.7 Å². The minimum Gasteiger partial charge on any atom is -0.338 e. The molecule has 0 aliphatic carbocycles. The van der Waals surface area contributed by atoms with Gasteiger partial charge in [-0.25, -0.2) is 0 Å². The molecule has 102 valence electrons. The maximum absolute atomic E-state index is 5.30. The standard InChI is InChI=1S/C15H21N3O/c1-4-8-16-12(3)15-17-14(18-19-15)10-13-7-5-6-11(2)9-13/h5-7,9,12,16H,4,8,10H2,1-3H3. The second-order valence-corrected chi connectivity index (χ2v) is 4.89. The van der Waals surface area contributed by atoms with E-state index in [1.807, 2.05) is 6.92 Å². The predicted molar refractivity (Wildman–Crippen MR) is 75.0 cm³/mol. The summed E-state index contributed by atoms with van der Waals surface area (Å²) in [6, 6.07) is 8.48. The van der Waals surface area contributed by atoms with Gasteiger partial charge in [0.2, 0.25) is 5.89 Å². The van der Waals surface area contributed by atoms with Gasteiger partial charge in [0.05, 0.1) is 6.04 Å². The fourth-order valence-corrected chi connectivity index (χ4v) is 1.97. The van der Waals surface area contributed by atoms with Crippen LogP contribution in [0.25, 0.3) is 0 Å². The average Bonchev–Trinajstić information content (AvgIpc) is 2.84. The van der Waals surface area contributed by atoms with Crippen LogP contribution in [0, 0.1) is 6.92 Å². The van der Waals surface area contributed by atoms with E-state index in [1.165, 1.54) is 11.1 Å². The lowest BCUT2D eigenvalue weighted by molar-refractivity contribution is 0.337. The van der Waals surface area contributed by atoms with Crippen LogP contribution in [0.1, 0.15) is 49.2 Å². The zero-order valence-electron chi connectivity index (χ0n) is 11.8. The Bertz CT molecular complexity index is 522. The molecule has 1 atom stereocenters. The van der Waals surface area contributed by atoms with Gasteiger partial charge < -0.3 is 9.84 Å².